The Morgan fingerprint density at radius 1 is 0.581 bits per heavy atom. The first-order valence-electron chi connectivity index (χ1n) is 13.5. The van der Waals surface area contributed by atoms with E-state index in [1.54, 1.807) is 0 Å². The van der Waals surface area contributed by atoms with E-state index in [1.165, 1.54) is 64.2 Å². The van der Waals surface area contributed by atoms with Crippen molar-refractivity contribution in [1.29, 1.82) is 0 Å². The molecule has 2 nitrogen and oxygen atoms in total. The Morgan fingerprint density at radius 3 is 1.39 bits per heavy atom. The second kappa shape index (κ2) is 8.94. The number of hydrogen-bond donors (Lipinski definition) is 2. The Bertz CT molecular complexity index is 587. The fourth-order valence-electron chi connectivity index (χ4n) is 9.98. The van der Waals surface area contributed by atoms with Gasteiger partial charge in [0.1, 0.15) is 0 Å². The molecule has 0 aromatic heterocycles. The van der Waals surface area contributed by atoms with Crippen molar-refractivity contribution in [2.24, 2.45) is 52.8 Å². The van der Waals surface area contributed by atoms with Gasteiger partial charge in [-0.2, -0.15) is 0 Å². The van der Waals surface area contributed by atoms with Crippen LogP contribution >= 0.6 is 23.2 Å². The molecule has 0 radical (unpaired) electrons. The van der Waals surface area contributed by atoms with Crippen molar-refractivity contribution in [1.82, 2.24) is 0 Å². The third-order valence-corrected chi connectivity index (χ3v) is 12.0. The Hall–Kier alpha value is 0.500. The molecule has 12 unspecified atom stereocenters. The van der Waals surface area contributed by atoms with E-state index in [0.29, 0.717) is 28.0 Å². The second-order valence-electron chi connectivity index (χ2n) is 12.5. The average molecular weight is 472 g/mol. The van der Waals surface area contributed by atoms with Crippen molar-refractivity contribution in [3.05, 3.63) is 0 Å². The van der Waals surface area contributed by atoms with Gasteiger partial charge in [-0.1, -0.05) is 13.8 Å². The summed E-state index contributed by atoms with van der Waals surface area (Å²) in [5.41, 5.74) is 0.381. The number of rotatable bonds is 2. The van der Waals surface area contributed by atoms with Gasteiger partial charge in [-0.05, 0) is 130 Å². The number of alkyl halides is 2. The summed E-state index contributed by atoms with van der Waals surface area (Å²) >= 11 is 13.6. The van der Waals surface area contributed by atoms with Gasteiger partial charge in [0.25, 0.3) is 0 Å². The molecule has 5 fully saturated rings. The van der Waals surface area contributed by atoms with Gasteiger partial charge in [0.15, 0.2) is 0 Å². The minimum atomic E-state index is -0.120. The van der Waals surface area contributed by atoms with Gasteiger partial charge in [0, 0.05) is 10.8 Å². The SMILES string of the molecule is CC1CC(C2(C3CCC(O)C(C)C3)C3CCC(Cl)CC3C3CC(Cl)CCC32)CCC1O. The molecule has 0 spiro atoms. The van der Waals surface area contributed by atoms with Gasteiger partial charge >= 0.3 is 0 Å². The lowest BCUT2D eigenvalue weighted by molar-refractivity contribution is -0.110. The van der Waals surface area contributed by atoms with Crippen LogP contribution in [0.25, 0.3) is 0 Å². The first kappa shape index (κ1) is 23.3. The van der Waals surface area contributed by atoms with Crippen molar-refractivity contribution in [3.63, 3.8) is 0 Å². The Morgan fingerprint density at radius 2 is 1.00 bits per heavy atom. The lowest BCUT2D eigenvalue weighted by atomic mass is 9.47. The summed E-state index contributed by atoms with van der Waals surface area (Å²) in [7, 11) is 0. The van der Waals surface area contributed by atoms with Gasteiger partial charge in [0.2, 0.25) is 0 Å². The van der Waals surface area contributed by atoms with Gasteiger partial charge in [-0.3, -0.25) is 0 Å². The van der Waals surface area contributed by atoms with E-state index in [1.807, 2.05) is 0 Å². The quantitative estimate of drug-likeness (QED) is 0.444. The number of fused-ring (bicyclic) bond motifs is 3. The van der Waals surface area contributed by atoms with Gasteiger partial charge in [-0.15, -0.1) is 23.2 Å². The van der Waals surface area contributed by atoms with Gasteiger partial charge in [0.05, 0.1) is 12.2 Å². The van der Waals surface area contributed by atoms with Crippen molar-refractivity contribution in [2.45, 2.75) is 114 Å². The van der Waals surface area contributed by atoms with Crippen LogP contribution in [0.1, 0.15) is 90.9 Å². The molecule has 4 heteroatoms. The van der Waals surface area contributed by atoms with Crippen LogP contribution in [0.3, 0.4) is 0 Å². The molecular formula is C27H44Cl2O2. The zero-order valence-corrected chi connectivity index (χ0v) is 21.1. The maximum Gasteiger partial charge on any atom is 0.0566 e. The first-order valence-corrected chi connectivity index (χ1v) is 14.3. The number of halogens is 2. The average Bonchev–Trinajstić information content (AvgIpc) is 3.02. The van der Waals surface area contributed by atoms with Gasteiger partial charge < -0.3 is 10.2 Å². The predicted molar refractivity (Wildman–Crippen MR) is 128 cm³/mol. The van der Waals surface area contributed by atoms with Crippen molar-refractivity contribution < 1.29 is 10.2 Å². The molecule has 5 rings (SSSR count). The summed E-state index contributed by atoms with van der Waals surface area (Å²) in [5, 5.41) is 21.8. The van der Waals surface area contributed by atoms with E-state index >= 15 is 0 Å². The highest BCUT2D eigenvalue weighted by atomic mass is 35.5. The van der Waals surface area contributed by atoms with E-state index in [-0.39, 0.29) is 12.2 Å². The van der Waals surface area contributed by atoms with E-state index < -0.39 is 0 Å². The molecule has 5 aliphatic carbocycles. The molecular weight excluding hydrogens is 427 g/mol. The molecule has 0 aliphatic heterocycles. The van der Waals surface area contributed by atoms with E-state index in [0.717, 1.165) is 48.3 Å². The van der Waals surface area contributed by atoms with Crippen LogP contribution in [0.4, 0.5) is 0 Å². The van der Waals surface area contributed by atoms with Crippen LogP contribution in [0.5, 0.6) is 0 Å². The molecule has 0 aromatic carbocycles. The van der Waals surface area contributed by atoms with Crippen LogP contribution < -0.4 is 0 Å². The van der Waals surface area contributed by atoms with Gasteiger partial charge in [-0.25, -0.2) is 0 Å². The predicted octanol–water partition coefficient (Wildman–Crippen LogP) is 6.63. The van der Waals surface area contributed by atoms with Crippen LogP contribution in [0.15, 0.2) is 0 Å². The van der Waals surface area contributed by atoms with E-state index in [9.17, 15) is 10.2 Å². The normalized spacial score (nSPS) is 57.9. The van der Waals surface area contributed by atoms with Crippen molar-refractivity contribution >= 4 is 23.2 Å². The second-order valence-corrected chi connectivity index (χ2v) is 13.7. The third-order valence-electron chi connectivity index (χ3n) is 11.2. The molecule has 0 aromatic rings. The van der Waals surface area contributed by atoms with Crippen molar-refractivity contribution in [2.75, 3.05) is 0 Å². The number of aliphatic hydroxyl groups is 2. The molecule has 0 bridgehead atoms. The molecule has 12 atom stereocenters. The molecule has 0 amide bonds. The van der Waals surface area contributed by atoms with Crippen molar-refractivity contribution in [3.8, 4) is 0 Å². The van der Waals surface area contributed by atoms with Crippen LogP contribution in [0, 0.1) is 52.8 Å². The summed E-state index contributed by atoms with van der Waals surface area (Å²) in [6, 6.07) is 0. The number of hydrogen-bond acceptors (Lipinski definition) is 2. The minimum absolute atomic E-state index is 0.120. The molecule has 5 aliphatic rings. The monoisotopic (exact) mass is 470 g/mol. The standard InChI is InChI=1S/C27H44Cl2O2/c1-15-11-17(3-9-25(15)30)27(18-4-10-26(31)16(2)12-18)23-7-5-19(28)13-21(23)22-14-20(29)6-8-24(22)27/h15-26,30-31H,3-14H2,1-2H3. The van der Waals surface area contributed by atoms with E-state index in [2.05, 4.69) is 13.8 Å². The highest BCUT2D eigenvalue weighted by molar-refractivity contribution is 6.21. The smallest absolute Gasteiger partial charge is 0.0566 e. The molecule has 0 saturated heterocycles. The summed E-state index contributed by atoms with van der Waals surface area (Å²) in [4.78, 5) is 0. The Kier molecular flexibility index (Phi) is 6.70. The first-order chi connectivity index (χ1) is 14.8. The maximum absolute atomic E-state index is 10.6. The number of aliphatic hydroxyl groups excluding tert-OH is 2. The Labute approximate surface area is 199 Å². The fourth-order valence-corrected chi connectivity index (χ4v) is 10.6. The van der Waals surface area contributed by atoms with Crippen LogP contribution in [-0.2, 0) is 0 Å². The lowest BCUT2D eigenvalue weighted by Gasteiger charge is -2.58. The largest absolute Gasteiger partial charge is 0.393 e. The maximum atomic E-state index is 10.6. The minimum Gasteiger partial charge on any atom is -0.393 e. The zero-order valence-electron chi connectivity index (χ0n) is 19.6. The zero-order chi connectivity index (χ0) is 21.9. The highest BCUT2D eigenvalue weighted by Crippen LogP contribution is 2.72. The molecule has 178 valence electrons. The Balaban J connectivity index is 1.58. The summed E-state index contributed by atoms with van der Waals surface area (Å²) in [6.45, 7) is 4.57. The topological polar surface area (TPSA) is 40.5 Å². The fraction of sp³-hybridized carbons (Fsp3) is 1.00. The summed E-state index contributed by atoms with van der Waals surface area (Å²) < 4.78 is 0. The lowest BCUT2D eigenvalue weighted by Crippen LogP contribution is -2.52. The summed E-state index contributed by atoms with van der Waals surface area (Å²) in [5.74, 6) is 5.30. The van der Waals surface area contributed by atoms with Crippen LogP contribution in [0.2, 0.25) is 0 Å². The highest BCUT2D eigenvalue weighted by Gasteiger charge is 2.66. The third kappa shape index (κ3) is 3.82. The molecule has 5 saturated carbocycles. The summed E-state index contributed by atoms with van der Waals surface area (Å²) in [6.07, 6.45) is 13.8. The van der Waals surface area contributed by atoms with E-state index in [4.69, 9.17) is 23.2 Å². The molecule has 31 heavy (non-hydrogen) atoms. The molecule has 2 N–H and O–H groups in total. The molecule has 0 heterocycles. The van der Waals surface area contributed by atoms with Crippen LogP contribution in [-0.4, -0.2) is 33.2 Å².